The Morgan fingerprint density at radius 2 is 2.42 bits per heavy atom. The van der Waals surface area contributed by atoms with Crippen LogP contribution >= 0.6 is 15.9 Å². The molecule has 0 fully saturated rings. The Morgan fingerprint density at radius 3 is 2.92 bits per heavy atom. The lowest BCUT2D eigenvalue weighted by molar-refractivity contribution is 0.0696. The van der Waals surface area contributed by atoms with Gasteiger partial charge in [0.25, 0.3) is 0 Å². The van der Waals surface area contributed by atoms with Gasteiger partial charge in [0.05, 0.1) is 11.3 Å². The van der Waals surface area contributed by atoms with Crippen LogP contribution in [0, 0.1) is 0 Å². The third-order valence-electron chi connectivity index (χ3n) is 1.31. The predicted molar refractivity (Wildman–Crippen MR) is 49.0 cm³/mol. The zero-order chi connectivity index (χ0) is 9.14. The Hall–Kier alpha value is -1.16. The molecule has 0 saturated heterocycles. The van der Waals surface area contributed by atoms with Crippen LogP contribution in [0.4, 0.5) is 0 Å². The fraction of sp³-hybridized carbons (Fsp3) is 0. The molecule has 3 nitrogen and oxygen atoms in total. The molecule has 12 heavy (non-hydrogen) atoms. The Bertz CT molecular complexity index is 336. The average Bonchev–Trinajstić information content (AvgIpc) is 2.04. The summed E-state index contributed by atoms with van der Waals surface area (Å²) in [6.45, 7) is 3.46. The van der Waals surface area contributed by atoms with Crippen molar-refractivity contribution in [1.29, 1.82) is 0 Å². The molecule has 0 aromatic carbocycles. The summed E-state index contributed by atoms with van der Waals surface area (Å²) in [6.07, 6.45) is 2.94. The van der Waals surface area contributed by atoms with Gasteiger partial charge in [-0.3, -0.25) is 4.98 Å². The van der Waals surface area contributed by atoms with E-state index in [1.807, 2.05) is 0 Å². The van der Waals surface area contributed by atoms with E-state index in [0.29, 0.717) is 10.2 Å². The SMILES string of the molecule is C=Cc1ncc(Br)cc1C(=O)O. The quantitative estimate of drug-likeness (QED) is 0.843. The molecule has 0 radical (unpaired) electrons. The number of pyridine rings is 1. The molecule has 1 heterocycles. The molecule has 0 unspecified atom stereocenters. The first-order valence-electron chi connectivity index (χ1n) is 3.16. The van der Waals surface area contributed by atoms with Crippen molar-refractivity contribution in [2.75, 3.05) is 0 Å². The Balaban J connectivity index is 3.30. The van der Waals surface area contributed by atoms with Gasteiger partial charge in [0, 0.05) is 10.7 Å². The first-order chi connectivity index (χ1) is 5.65. The van der Waals surface area contributed by atoms with E-state index in [4.69, 9.17) is 5.11 Å². The van der Waals surface area contributed by atoms with Crippen molar-refractivity contribution in [1.82, 2.24) is 4.98 Å². The highest BCUT2D eigenvalue weighted by Crippen LogP contribution is 2.14. The summed E-state index contributed by atoms with van der Waals surface area (Å²) in [5, 5.41) is 8.71. The number of nitrogens with zero attached hydrogens (tertiary/aromatic N) is 1. The van der Waals surface area contributed by atoms with Crippen LogP contribution in [0.2, 0.25) is 0 Å². The largest absolute Gasteiger partial charge is 0.478 e. The zero-order valence-electron chi connectivity index (χ0n) is 6.12. The van der Waals surface area contributed by atoms with Gasteiger partial charge in [-0.15, -0.1) is 0 Å². The molecule has 0 saturated carbocycles. The number of aromatic nitrogens is 1. The van der Waals surface area contributed by atoms with E-state index < -0.39 is 5.97 Å². The van der Waals surface area contributed by atoms with Crippen molar-refractivity contribution >= 4 is 28.0 Å². The molecule has 0 atom stereocenters. The van der Waals surface area contributed by atoms with Crippen LogP contribution < -0.4 is 0 Å². The smallest absolute Gasteiger partial charge is 0.337 e. The molecule has 62 valence electrons. The van der Waals surface area contributed by atoms with E-state index in [1.54, 1.807) is 0 Å². The van der Waals surface area contributed by atoms with Crippen molar-refractivity contribution in [3.05, 3.63) is 34.6 Å². The second-order valence-corrected chi connectivity index (χ2v) is 3.01. The van der Waals surface area contributed by atoms with Crippen LogP contribution in [0.3, 0.4) is 0 Å². The van der Waals surface area contributed by atoms with Gasteiger partial charge in [-0.1, -0.05) is 6.58 Å². The number of hydrogen-bond acceptors (Lipinski definition) is 2. The van der Waals surface area contributed by atoms with Gasteiger partial charge >= 0.3 is 5.97 Å². The van der Waals surface area contributed by atoms with Gasteiger partial charge < -0.3 is 5.11 Å². The van der Waals surface area contributed by atoms with Gasteiger partial charge in [0.2, 0.25) is 0 Å². The van der Waals surface area contributed by atoms with Gasteiger partial charge in [-0.05, 0) is 28.1 Å². The van der Waals surface area contributed by atoms with Gasteiger partial charge in [0.15, 0.2) is 0 Å². The zero-order valence-corrected chi connectivity index (χ0v) is 7.71. The number of rotatable bonds is 2. The summed E-state index contributed by atoms with van der Waals surface area (Å²) in [5.74, 6) is -1.00. The third-order valence-corrected chi connectivity index (χ3v) is 1.74. The van der Waals surface area contributed by atoms with Crippen LogP contribution in [0.1, 0.15) is 16.1 Å². The normalized spacial score (nSPS) is 9.42. The van der Waals surface area contributed by atoms with Crippen molar-refractivity contribution in [2.24, 2.45) is 0 Å². The Labute approximate surface area is 77.9 Å². The lowest BCUT2D eigenvalue weighted by atomic mass is 10.2. The molecule has 0 aliphatic carbocycles. The summed E-state index contributed by atoms with van der Waals surface area (Å²) in [4.78, 5) is 14.5. The highest BCUT2D eigenvalue weighted by Gasteiger charge is 2.08. The second kappa shape index (κ2) is 3.49. The monoisotopic (exact) mass is 227 g/mol. The molecule has 1 aromatic heterocycles. The van der Waals surface area contributed by atoms with Crippen LogP contribution in [0.25, 0.3) is 6.08 Å². The van der Waals surface area contributed by atoms with Gasteiger partial charge in [0.1, 0.15) is 0 Å². The van der Waals surface area contributed by atoms with Crippen LogP contribution in [-0.4, -0.2) is 16.1 Å². The Morgan fingerprint density at radius 1 is 1.75 bits per heavy atom. The summed E-state index contributed by atoms with van der Waals surface area (Å²) < 4.78 is 0.644. The minimum atomic E-state index is -1.00. The summed E-state index contributed by atoms with van der Waals surface area (Å²) >= 11 is 3.13. The standard InChI is InChI=1S/C8H6BrNO2/c1-2-7-6(8(11)12)3-5(9)4-10-7/h2-4H,1H2,(H,11,12). The molecule has 0 bridgehead atoms. The van der Waals surface area contributed by atoms with Crippen molar-refractivity contribution < 1.29 is 9.90 Å². The maximum atomic E-state index is 10.6. The van der Waals surface area contributed by atoms with Crippen LogP contribution in [-0.2, 0) is 0 Å². The van der Waals surface area contributed by atoms with E-state index in [0.717, 1.165) is 0 Å². The Kier molecular flexibility index (Phi) is 2.60. The average molecular weight is 228 g/mol. The van der Waals surface area contributed by atoms with Crippen LogP contribution in [0.15, 0.2) is 23.3 Å². The number of carboxylic acids is 1. The number of halogens is 1. The number of carbonyl (C=O) groups is 1. The molecule has 1 N–H and O–H groups in total. The minimum Gasteiger partial charge on any atom is -0.478 e. The molecule has 1 aromatic rings. The molecule has 0 spiro atoms. The fourth-order valence-corrected chi connectivity index (χ4v) is 1.12. The van der Waals surface area contributed by atoms with Gasteiger partial charge in [-0.25, -0.2) is 4.79 Å². The predicted octanol–water partition coefficient (Wildman–Crippen LogP) is 2.19. The maximum absolute atomic E-state index is 10.6. The molecule has 0 aliphatic heterocycles. The first kappa shape index (κ1) is 8.93. The molecule has 4 heteroatoms. The van der Waals surface area contributed by atoms with Crippen LogP contribution in [0.5, 0.6) is 0 Å². The fourth-order valence-electron chi connectivity index (χ4n) is 0.784. The lowest BCUT2D eigenvalue weighted by Gasteiger charge is -1.99. The van der Waals surface area contributed by atoms with Crippen molar-refractivity contribution in [3.8, 4) is 0 Å². The van der Waals surface area contributed by atoms with E-state index in [2.05, 4.69) is 27.5 Å². The molecule has 0 aliphatic rings. The second-order valence-electron chi connectivity index (χ2n) is 2.10. The van der Waals surface area contributed by atoms with Crippen molar-refractivity contribution in [2.45, 2.75) is 0 Å². The third kappa shape index (κ3) is 1.71. The number of carboxylic acid groups (broad SMARTS) is 1. The molecular formula is C8H6BrNO2. The summed E-state index contributed by atoms with van der Waals surface area (Å²) in [5.41, 5.74) is 0.532. The minimum absolute atomic E-state index is 0.152. The van der Waals surface area contributed by atoms with E-state index in [1.165, 1.54) is 18.3 Å². The summed E-state index contributed by atoms with van der Waals surface area (Å²) in [6, 6.07) is 1.49. The number of hydrogen-bond donors (Lipinski definition) is 1. The van der Waals surface area contributed by atoms with E-state index >= 15 is 0 Å². The van der Waals surface area contributed by atoms with Crippen molar-refractivity contribution in [3.63, 3.8) is 0 Å². The lowest BCUT2D eigenvalue weighted by Crippen LogP contribution is -2.01. The first-order valence-corrected chi connectivity index (χ1v) is 3.95. The topological polar surface area (TPSA) is 50.2 Å². The summed E-state index contributed by atoms with van der Waals surface area (Å²) in [7, 11) is 0. The van der Waals surface area contributed by atoms with Gasteiger partial charge in [-0.2, -0.15) is 0 Å². The van der Waals surface area contributed by atoms with E-state index in [9.17, 15) is 4.79 Å². The maximum Gasteiger partial charge on any atom is 0.337 e. The molecular weight excluding hydrogens is 222 g/mol. The highest BCUT2D eigenvalue weighted by molar-refractivity contribution is 9.10. The molecule has 1 rings (SSSR count). The molecule has 0 amide bonds. The number of aromatic carboxylic acids is 1. The van der Waals surface area contributed by atoms with E-state index in [-0.39, 0.29) is 5.56 Å². The highest BCUT2D eigenvalue weighted by atomic mass is 79.9.